The van der Waals surface area contributed by atoms with Crippen LogP contribution in [0, 0.1) is 11.8 Å². The second kappa shape index (κ2) is 9.17. The van der Waals surface area contributed by atoms with Gasteiger partial charge in [0.15, 0.2) is 0 Å². The molecule has 0 spiro atoms. The van der Waals surface area contributed by atoms with Crippen molar-refractivity contribution in [3.63, 3.8) is 0 Å². The van der Waals surface area contributed by atoms with Crippen molar-refractivity contribution >= 4 is 11.6 Å². The van der Waals surface area contributed by atoms with Gasteiger partial charge in [-0.05, 0) is 38.0 Å². The fourth-order valence-corrected chi connectivity index (χ4v) is 4.34. The molecule has 2 unspecified atom stereocenters. The molecule has 3 saturated heterocycles. The van der Waals surface area contributed by atoms with Crippen molar-refractivity contribution in [3.05, 3.63) is 12.4 Å². The molecule has 0 amide bonds. The van der Waals surface area contributed by atoms with Crippen molar-refractivity contribution in [1.29, 1.82) is 0 Å². The van der Waals surface area contributed by atoms with Crippen molar-refractivity contribution in [2.75, 3.05) is 62.4 Å². The lowest BCUT2D eigenvalue weighted by Crippen LogP contribution is -2.39. The molecule has 27 heavy (non-hydrogen) atoms. The molecule has 4 rings (SSSR count). The summed E-state index contributed by atoms with van der Waals surface area (Å²) in [6.07, 6.45) is 7.47. The van der Waals surface area contributed by atoms with Crippen LogP contribution in [0.1, 0.15) is 32.1 Å². The van der Waals surface area contributed by atoms with Gasteiger partial charge in [0, 0.05) is 51.4 Å². The summed E-state index contributed by atoms with van der Waals surface area (Å²) in [4.78, 5) is 13.6. The van der Waals surface area contributed by atoms with Crippen LogP contribution in [0.2, 0.25) is 0 Å². The predicted octanol–water partition coefficient (Wildman–Crippen LogP) is 1.71. The van der Waals surface area contributed by atoms with E-state index in [2.05, 4.69) is 25.8 Å². The van der Waals surface area contributed by atoms with E-state index in [4.69, 9.17) is 9.47 Å². The van der Waals surface area contributed by atoms with Crippen LogP contribution in [-0.2, 0) is 9.47 Å². The summed E-state index contributed by atoms with van der Waals surface area (Å²) in [6.45, 7) is 6.68. The number of anilines is 2. The van der Waals surface area contributed by atoms with Gasteiger partial charge in [-0.25, -0.2) is 9.97 Å². The largest absolute Gasteiger partial charge is 0.396 e. The average molecular weight is 377 g/mol. The first-order chi connectivity index (χ1) is 13.3. The van der Waals surface area contributed by atoms with Crippen LogP contribution in [0.15, 0.2) is 12.4 Å². The summed E-state index contributed by atoms with van der Waals surface area (Å²) in [5.41, 5.74) is 0. The van der Waals surface area contributed by atoms with E-state index in [1.807, 2.05) is 0 Å². The number of aliphatic hydroxyl groups excluding tert-OH is 1. The first-order valence-corrected chi connectivity index (χ1v) is 10.4. The number of piperidine rings is 2. The highest BCUT2D eigenvalue weighted by atomic mass is 16.5. The Labute approximate surface area is 161 Å². The normalized spacial score (nSPS) is 27.3. The van der Waals surface area contributed by atoms with Crippen LogP contribution in [0.25, 0.3) is 0 Å². The molecule has 0 bridgehead atoms. The Kier molecular flexibility index (Phi) is 6.42. The van der Waals surface area contributed by atoms with Gasteiger partial charge >= 0.3 is 0 Å². The first kappa shape index (κ1) is 18.9. The Morgan fingerprint density at radius 1 is 1.04 bits per heavy atom. The van der Waals surface area contributed by atoms with Crippen LogP contribution < -0.4 is 9.80 Å². The maximum absolute atomic E-state index is 9.47. The molecule has 1 aromatic rings. The van der Waals surface area contributed by atoms with Crippen LogP contribution in [0.4, 0.5) is 11.6 Å². The van der Waals surface area contributed by atoms with Gasteiger partial charge in [-0.1, -0.05) is 0 Å². The molecule has 3 aliphatic rings. The SMILES string of the molecule is OCC1CCCN(c2cc(N3CCC(OCC4CCOC4)CC3)ncn2)C1. The molecule has 0 aliphatic carbocycles. The van der Waals surface area contributed by atoms with Gasteiger partial charge in [-0.3, -0.25) is 0 Å². The monoisotopic (exact) mass is 376 g/mol. The highest BCUT2D eigenvalue weighted by Crippen LogP contribution is 2.26. The average Bonchev–Trinajstić information content (AvgIpc) is 3.26. The van der Waals surface area contributed by atoms with Gasteiger partial charge in [-0.2, -0.15) is 0 Å². The molecule has 7 nitrogen and oxygen atoms in total. The zero-order valence-corrected chi connectivity index (χ0v) is 16.1. The Bertz CT molecular complexity index is 588. The lowest BCUT2D eigenvalue weighted by atomic mass is 9.99. The molecule has 1 N–H and O–H groups in total. The van der Waals surface area contributed by atoms with Crippen molar-refractivity contribution in [2.24, 2.45) is 11.8 Å². The number of aliphatic hydroxyl groups is 1. The van der Waals surface area contributed by atoms with Crippen molar-refractivity contribution in [2.45, 2.75) is 38.2 Å². The zero-order valence-electron chi connectivity index (χ0n) is 16.1. The van der Waals surface area contributed by atoms with Crippen LogP contribution >= 0.6 is 0 Å². The van der Waals surface area contributed by atoms with Gasteiger partial charge in [0.05, 0.1) is 19.3 Å². The fourth-order valence-electron chi connectivity index (χ4n) is 4.34. The van der Waals surface area contributed by atoms with Gasteiger partial charge < -0.3 is 24.4 Å². The molecule has 150 valence electrons. The van der Waals surface area contributed by atoms with E-state index in [0.717, 1.165) is 89.7 Å². The van der Waals surface area contributed by atoms with Gasteiger partial charge in [0.25, 0.3) is 0 Å². The maximum Gasteiger partial charge on any atom is 0.134 e. The smallest absolute Gasteiger partial charge is 0.134 e. The van der Waals surface area contributed by atoms with E-state index < -0.39 is 0 Å². The summed E-state index contributed by atoms with van der Waals surface area (Å²) in [5.74, 6) is 2.93. The molecule has 0 radical (unpaired) electrons. The minimum Gasteiger partial charge on any atom is -0.396 e. The Morgan fingerprint density at radius 2 is 1.85 bits per heavy atom. The van der Waals surface area contributed by atoms with Crippen LogP contribution in [0.3, 0.4) is 0 Å². The van der Waals surface area contributed by atoms with Crippen molar-refractivity contribution in [3.8, 4) is 0 Å². The molecule has 1 aromatic heterocycles. The molecule has 7 heteroatoms. The van der Waals surface area contributed by atoms with E-state index in [1.165, 1.54) is 0 Å². The van der Waals surface area contributed by atoms with Crippen LogP contribution in [-0.4, -0.2) is 73.8 Å². The number of rotatable bonds is 6. The number of nitrogens with zero attached hydrogens (tertiary/aromatic N) is 4. The van der Waals surface area contributed by atoms with Gasteiger partial charge in [0.1, 0.15) is 18.0 Å². The third-order valence-electron chi connectivity index (χ3n) is 6.10. The minimum atomic E-state index is 0.259. The Balaban J connectivity index is 1.29. The zero-order chi connectivity index (χ0) is 18.5. The Morgan fingerprint density at radius 3 is 2.59 bits per heavy atom. The van der Waals surface area contributed by atoms with Gasteiger partial charge in [0.2, 0.25) is 0 Å². The summed E-state index contributed by atoms with van der Waals surface area (Å²) in [6, 6.07) is 2.11. The Hall–Kier alpha value is -1.44. The number of hydrogen-bond acceptors (Lipinski definition) is 7. The molecule has 4 heterocycles. The van der Waals surface area contributed by atoms with E-state index >= 15 is 0 Å². The second-order valence-corrected chi connectivity index (χ2v) is 8.12. The minimum absolute atomic E-state index is 0.259. The third-order valence-corrected chi connectivity index (χ3v) is 6.10. The lowest BCUT2D eigenvalue weighted by Gasteiger charge is -2.35. The molecule has 3 aliphatic heterocycles. The molecule has 0 aromatic carbocycles. The van der Waals surface area contributed by atoms with Gasteiger partial charge in [-0.15, -0.1) is 0 Å². The second-order valence-electron chi connectivity index (χ2n) is 8.12. The van der Waals surface area contributed by atoms with E-state index in [-0.39, 0.29) is 6.61 Å². The summed E-state index contributed by atoms with van der Waals surface area (Å²) in [7, 11) is 0. The number of hydrogen-bond donors (Lipinski definition) is 1. The van der Waals surface area contributed by atoms with E-state index in [1.54, 1.807) is 6.33 Å². The summed E-state index contributed by atoms with van der Waals surface area (Å²) in [5, 5.41) is 9.47. The van der Waals surface area contributed by atoms with Crippen molar-refractivity contribution < 1.29 is 14.6 Å². The van der Waals surface area contributed by atoms with E-state index in [9.17, 15) is 5.11 Å². The third kappa shape index (κ3) is 4.89. The fraction of sp³-hybridized carbons (Fsp3) is 0.800. The first-order valence-electron chi connectivity index (χ1n) is 10.4. The number of ether oxygens (including phenoxy) is 2. The molecule has 2 atom stereocenters. The summed E-state index contributed by atoms with van der Waals surface area (Å²) < 4.78 is 11.5. The summed E-state index contributed by atoms with van der Waals surface area (Å²) >= 11 is 0. The molecule has 3 fully saturated rings. The highest BCUT2D eigenvalue weighted by Gasteiger charge is 2.25. The quantitative estimate of drug-likeness (QED) is 0.810. The topological polar surface area (TPSA) is 71.0 Å². The lowest BCUT2D eigenvalue weighted by molar-refractivity contribution is 0.0131. The highest BCUT2D eigenvalue weighted by molar-refractivity contribution is 5.50. The molecular weight excluding hydrogens is 344 g/mol. The molecule has 0 saturated carbocycles. The van der Waals surface area contributed by atoms with Crippen LogP contribution in [0.5, 0.6) is 0 Å². The molecular formula is C20H32N4O3. The van der Waals surface area contributed by atoms with E-state index in [0.29, 0.717) is 17.9 Å². The standard InChI is InChI=1S/C20H32N4O3/c25-12-16-2-1-6-24(11-16)20-10-19(21-15-22-20)23-7-3-18(4-8-23)27-14-17-5-9-26-13-17/h10,15-18,25H,1-9,11-14H2. The number of aromatic nitrogens is 2. The maximum atomic E-state index is 9.47. The van der Waals surface area contributed by atoms with Crippen molar-refractivity contribution in [1.82, 2.24) is 9.97 Å². The predicted molar refractivity (Wildman–Crippen MR) is 104 cm³/mol.